The van der Waals surface area contributed by atoms with Crippen LogP contribution in [0.25, 0.3) is 0 Å². The fourth-order valence-electron chi connectivity index (χ4n) is 1.98. The topological polar surface area (TPSA) is 105 Å². The maximum absolute atomic E-state index is 11.8. The molecule has 0 aliphatic heterocycles. The number of aryl methyl sites for hydroxylation is 1. The monoisotopic (exact) mass is 362 g/mol. The van der Waals surface area contributed by atoms with Crippen LogP contribution in [0.5, 0.6) is 5.75 Å². The molecule has 1 aromatic heterocycles. The van der Waals surface area contributed by atoms with Crippen LogP contribution in [0.3, 0.4) is 0 Å². The van der Waals surface area contributed by atoms with Crippen molar-refractivity contribution in [2.45, 2.75) is 13.3 Å². The smallest absolute Gasteiger partial charge is 0.342 e. The van der Waals surface area contributed by atoms with Crippen LogP contribution in [0, 0.1) is 6.92 Å². The zero-order chi connectivity index (χ0) is 18.2. The number of phenolic OH excluding ortho intramolecular Hbond substituents is 1. The van der Waals surface area contributed by atoms with Crippen LogP contribution in [-0.4, -0.2) is 36.2 Å². The summed E-state index contributed by atoms with van der Waals surface area (Å²) in [5, 5.41) is 16.2. The first-order valence-electron chi connectivity index (χ1n) is 7.52. The molecular formula is C17H18N2O5S. The average Bonchev–Trinajstić information content (AvgIpc) is 3.06. The summed E-state index contributed by atoms with van der Waals surface area (Å²) in [6.45, 7) is 1.53. The van der Waals surface area contributed by atoms with Gasteiger partial charge in [-0.3, -0.25) is 10.1 Å². The third-order valence-electron chi connectivity index (χ3n) is 3.20. The van der Waals surface area contributed by atoms with Gasteiger partial charge in [0.25, 0.3) is 5.91 Å². The molecule has 8 heteroatoms. The van der Waals surface area contributed by atoms with Gasteiger partial charge >= 0.3 is 12.0 Å². The Kier molecular flexibility index (Phi) is 6.53. The molecule has 3 amide bonds. The molecule has 0 aliphatic rings. The molecule has 0 saturated heterocycles. The summed E-state index contributed by atoms with van der Waals surface area (Å²) in [5.41, 5.74) is 0.741. The lowest BCUT2D eigenvalue weighted by Crippen LogP contribution is -2.42. The van der Waals surface area contributed by atoms with Gasteiger partial charge in [0.1, 0.15) is 11.3 Å². The highest BCUT2D eigenvalue weighted by molar-refractivity contribution is 7.09. The number of benzene rings is 1. The Balaban J connectivity index is 1.70. The van der Waals surface area contributed by atoms with Gasteiger partial charge in [0.15, 0.2) is 6.61 Å². The Hall–Kier alpha value is -2.87. The fourth-order valence-corrected chi connectivity index (χ4v) is 2.69. The van der Waals surface area contributed by atoms with Crippen LogP contribution < -0.4 is 10.6 Å². The largest absolute Gasteiger partial charge is 0.507 e. The standard InChI is InChI=1S/C17H18N2O5S/c1-11-4-5-13(14(20)9-11)16(22)24-10-15(21)19-17(23)18-7-6-12-3-2-8-25-12/h2-5,8-9,20H,6-7,10H2,1H3,(H2,18,19,21,23). The lowest BCUT2D eigenvalue weighted by Gasteiger charge is -2.08. The van der Waals surface area contributed by atoms with Crippen molar-refractivity contribution in [3.05, 3.63) is 51.7 Å². The highest BCUT2D eigenvalue weighted by Gasteiger charge is 2.15. The van der Waals surface area contributed by atoms with Crippen LogP contribution in [0.4, 0.5) is 4.79 Å². The fraction of sp³-hybridized carbons (Fsp3) is 0.235. The zero-order valence-electron chi connectivity index (χ0n) is 13.6. The highest BCUT2D eigenvalue weighted by Crippen LogP contribution is 2.19. The molecule has 0 atom stereocenters. The predicted octanol–water partition coefficient (Wildman–Crippen LogP) is 1.99. The first-order valence-corrected chi connectivity index (χ1v) is 8.40. The molecule has 25 heavy (non-hydrogen) atoms. The Labute approximate surface area is 148 Å². The van der Waals surface area contributed by atoms with Crippen molar-refractivity contribution >= 4 is 29.2 Å². The molecule has 0 fully saturated rings. The molecule has 0 radical (unpaired) electrons. The van der Waals surface area contributed by atoms with Crippen molar-refractivity contribution in [2.75, 3.05) is 13.2 Å². The minimum atomic E-state index is -0.842. The van der Waals surface area contributed by atoms with E-state index in [1.54, 1.807) is 24.3 Å². The lowest BCUT2D eigenvalue weighted by molar-refractivity contribution is -0.123. The van der Waals surface area contributed by atoms with E-state index in [1.165, 1.54) is 12.1 Å². The summed E-state index contributed by atoms with van der Waals surface area (Å²) in [6.07, 6.45) is 0.668. The molecule has 1 heterocycles. The van der Waals surface area contributed by atoms with E-state index in [0.717, 1.165) is 10.4 Å². The van der Waals surface area contributed by atoms with E-state index in [9.17, 15) is 19.5 Å². The molecule has 3 N–H and O–H groups in total. The normalized spacial score (nSPS) is 10.1. The molecule has 2 aromatic rings. The highest BCUT2D eigenvalue weighted by atomic mass is 32.1. The van der Waals surface area contributed by atoms with Crippen molar-refractivity contribution in [3.63, 3.8) is 0 Å². The maximum atomic E-state index is 11.8. The number of urea groups is 1. The second-order valence-corrected chi connectivity index (χ2v) is 6.26. The number of rotatable bonds is 6. The number of hydrogen-bond acceptors (Lipinski definition) is 6. The summed E-state index contributed by atoms with van der Waals surface area (Å²) >= 11 is 1.58. The van der Waals surface area contributed by atoms with Gasteiger partial charge in [0, 0.05) is 11.4 Å². The van der Waals surface area contributed by atoms with Gasteiger partial charge < -0.3 is 15.2 Å². The molecule has 2 rings (SSSR count). The lowest BCUT2D eigenvalue weighted by atomic mass is 10.1. The van der Waals surface area contributed by atoms with Gasteiger partial charge in [-0.2, -0.15) is 0 Å². The number of phenols is 1. The summed E-state index contributed by atoms with van der Waals surface area (Å²) in [6, 6.07) is 7.67. The number of thiophene rings is 1. The van der Waals surface area contributed by atoms with Gasteiger partial charge in [-0.15, -0.1) is 11.3 Å². The average molecular weight is 362 g/mol. The number of carbonyl (C=O) groups excluding carboxylic acids is 3. The maximum Gasteiger partial charge on any atom is 0.342 e. The summed E-state index contributed by atoms with van der Waals surface area (Å²) in [5.74, 6) is -1.82. The molecule has 0 spiro atoms. The second kappa shape index (κ2) is 8.84. The van der Waals surface area contributed by atoms with E-state index in [-0.39, 0.29) is 11.3 Å². The van der Waals surface area contributed by atoms with Crippen LogP contribution in [0.2, 0.25) is 0 Å². The minimum Gasteiger partial charge on any atom is -0.507 e. The third-order valence-corrected chi connectivity index (χ3v) is 4.13. The van der Waals surface area contributed by atoms with Crippen molar-refractivity contribution in [2.24, 2.45) is 0 Å². The van der Waals surface area contributed by atoms with Crippen molar-refractivity contribution in [3.8, 4) is 5.75 Å². The first-order chi connectivity index (χ1) is 12.0. The number of hydrogen-bond donors (Lipinski definition) is 3. The number of carbonyl (C=O) groups is 3. The quantitative estimate of drug-likeness (QED) is 0.682. The van der Waals surface area contributed by atoms with Crippen LogP contribution in [0.15, 0.2) is 35.7 Å². The van der Waals surface area contributed by atoms with Crippen molar-refractivity contribution < 1.29 is 24.2 Å². The second-order valence-electron chi connectivity index (χ2n) is 5.23. The van der Waals surface area contributed by atoms with Crippen LogP contribution in [-0.2, 0) is 16.0 Å². The molecule has 1 aromatic carbocycles. The number of imide groups is 1. The Morgan fingerprint density at radius 2 is 2.04 bits per heavy atom. The van der Waals surface area contributed by atoms with E-state index in [4.69, 9.17) is 4.74 Å². The Morgan fingerprint density at radius 3 is 2.72 bits per heavy atom. The number of aromatic hydroxyl groups is 1. The van der Waals surface area contributed by atoms with Gasteiger partial charge in [-0.25, -0.2) is 9.59 Å². The van der Waals surface area contributed by atoms with E-state index in [1.807, 2.05) is 17.5 Å². The SMILES string of the molecule is Cc1ccc(C(=O)OCC(=O)NC(=O)NCCc2cccs2)c(O)c1. The van der Waals surface area contributed by atoms with Crippen LogP contribution in [0.1, 0.15) is 20.8 Å². The molecule has 132 valence electrons. The predicted molar refractivity (Wildman–Crippen MR) is 92.7 cm³/mol. The summed E-state index contributed by atoms with van der Waals surface area (Å²) < 4.78 is 4.79. The van der Waals surface area contributed by atoms with Crippen LogP contribution >= 0.6 is 11.3 Å². The minimum absolute atomic E-state index is 0.0428. The van der Waals surface area contributed by atoms with Gasteiger partial charge in [0.05, 0.1) is 0 Å². The molecule has 0 unspecified atom stereocenters. The van der Waals surface area contributed by atoms with Gasteiger partial charge in [0.2, 0.25) is 0 Å². The Bertz CT molecular complexity index is 758. The summed E-state index contributed by atoms with van der Waals surface area (Å²) in [4.78, 5) is 36.1. The van der Waals surface area contributed by atoms with Gasteiger partial charge in [-0.05, 0) is 42.5 Å². The van der Waals surface area contributed by atoms with E-state index in [0.29, 0.717) is 13.0 Å². The number of amides is 3. The van der Waals surface area contributed by atoms with Gasteiger partial charge in [-0.1, -0.05) is 12.1 Å². The molecule has 0 saturated carbocycles. The Morgan fingerprint density at radius 1 is 1.24 bits per heavy atom. The first kappa shape index (κ1) is 18.5. The van der Waals surface area contributed by atoms with E-state index in [2.05, 4.69) is 10.6 Å². The van der Waals surface area contributed by atoms with Crippen molar-refractivity contribution in [1.82, 2.24) is 10.6 Å². The third kappa shape index (κ3) is 5.92. The molecule has 0 aliphatic carbocycles. The molecular weight excluding hydrogens is 344 g/mol. The molecule has 0 bridgehead atoms. The molecule has 7 nitrogen and oxygen atoms in total. The zero-order valence-corrected chi connectivity index (χ0v) is 14.4. The van der Waals surface area contributed by atoms with E-state index >= 15 is 0 Å². The van der Waals surface area contributed by atoms with Crippen molar-refractivity contribution in [1.29, 1.82) is 0 Å². The summed E-state index contributed by atoms with van der Waals surface area (Å²) in [7, 11) is 0. The number of nitrogens with one attached hydrogen (secondary N) is 2. The number of ether oxygens (including phenoxy) is 1. The number of esters is 1. The van der Waals surface area contributed by atoms with E-state index < -0.39 is 24.5 Å².